The summed E-state index contributed by atoms with van der Waals surface area (Å²) in [6.07, 6.45) is 2.66. The van der Waals surface area contributed by atoms with Crippen LogP contribution >= 0.6 is 23.0 Å². The van der Waals surface area contributed by atoms with Crippen LogP contribution in [0.25, 0.3) is 0 Å². The monoisotopic (exact) mass is 255 g/mol. The predicted octanol–water partition coefficient (Wildman–Crippen LogP) is 1.84. The van der Waals surface area contributed by atoms with Gasteiger partial charge >= 0.3 is 0 Å². The van der Waals surface area contributed by atoms with Crippen LogP contribution in [0.5, 0.6) is 0 Å². The molecule has 0 N–H and O–H groups in total. The first-order valence-corrected chi connectivity index (χ1v) is 4.74. The molecule has 0 amide bonds. The molecule has 1 rings (SSSR count). The van der Waals surface area contributed by atoms with Crippen molar-refractivity contribution >= 4 is 23.0 Å². The van der Waals surface area contributed by atoms with Crippen molar-refractivity contribution in [3.8, 4) is 0 Å². The van der Waals surface area contributed by atoms with Gasteiger partial charge in [-0.05, 0) is 25.9 Å². The fourth-order valence-electron chi connectivity index (χ4n) is 1.57. The van der Waals surface area contributed by atoms with Gasteiger partial charge in [0, 0.05) is 6.04 Å². The predicted molar refractivity (Wildman–Crippen MR) is 50.2 cm³/mol. The summed E-state index contributed by atoms with van der Waals surface area (Å²) >= 11 is 1.98. The van der Waals surface area contributed by atoms with Crippen molar-refractivity contribution in [3.63, 3.8) is 0 Å². The molecule has 2 nitrogen and oxygen atoms in total. The summed E-state index contributed by atoms with van der Waals surface area (Å²) in [6, 6.07) is 0.696. The van der Waals surface area contributed by atoms with Crippen LogP contribution in [0.3, 0.4) is 0 Å². The fraction of sp³-hybridized carbons (Fsp3) is 1.00. The first-order chi connectivity index (χ1) is 4.88. The van der Waals surface area contributed by atoms with E-state index in [4.69, 9.17) is 3.07 Å². The zero-order chi connectivity index (χ0) is 7.40. The molecular formula is C7H14INO. The van der Waals surface area contributed by atoms with Gasteiger partial charge < -0.3 is 3.07 Å². The van der Waals surface area contributed by atoms with E-state index in [9.17, 15) is 0 Å². The zero-order valence-electron chi connectivity index (χ0n) is 6.35. The number of rotatable bonds is 3. The first kappa shape index (κ1) is 8.74. The fourth-order valence-corrected chi connectivity index (χ4v) is 1.99. The minimum absolute atomic E-state index is 0.696. The highest BCUT2D eigenvalue weighted by atomic mass is 127. The molecule has 0 aromatic rings. The summed E-state index contributed by atoms with van der Waals surface area (Å²) in [7, 11) is 0. The van der Waals surface area contributed by atoms with Crippen molar-refractivity contribution in [2.45, 2.75) is 25.8 Å². The Morgan fingerprint density at radius 1 is 1.70 bits per heavy atom. The third kappa shape index (κ3) is 2.07. The molecule has 0 aliphatic carbocycles. The number of nitrogens with zero attached hydrogens (tertiary/aromatic N) is 1. The summed E-state index contributed by atoms with van der Waals surface area (Å²) < 4.78 is 5.09. The van der Waals surface area contributed by atoms with E-state index in [1.807, 2.05) is 23.0 Å². The largest absolute Gasteiger partial charge is 0.314 e. The summed E-state index contributed by atoms with van der Waals surface area (Å²) in [5, 5.41) is 0. The minimum atomic E-state index is 0.696. The Morgan fingerprint density at radius 2 is 2.50 bits per heavy atom. The lowest BCUT2D eigenvalue weighted by molar-refractivity contribution is 0.210. The summed E-state index contributed by atoms with van der Waals surface area (Å²) in [4.78, 5) is 2.48. The van der Waals surface area contributed by atoms with Crippen LogP contribution < -0.4 is 0 Å². The molecule has 1 heterocycles. The van der Waals surface area contributed by atoms with Gasteiger partial charge in [-0.1, -0.05) is 6.92 Å². The highest BCUT2D eigenvalue weighted by Gasteiger charge is 2.22. The average molecular weight is 255 g/mol. The number of halogens is 1. The molecular weight excluding hydrogens is 241 g/mol. The van der Waals surface area contributed by atoms with E-state index >= 15 is 0 Å². The molecule has 0 unspecified atom stereocenters. The quantitative estimate of drug-likeness (QED) is 0.713. The van der Waals surface area contributed by atoms with Crippen LogP contribution in [-0.2, 0) is 3.07 Å². The molecule has 0 radical (unpaired) electrons. The molecule has 0 spiro atoms. The van der Waals surface area contributed by atoms with Gasteiger partial charge in [0.25, 0.3) is 0 Å². The summed E-state index contributed by atoms with van der Waals surface area (Å²) in [6.45, 7) is 5.55. The zero-order valence-corrected chi connectivity index (χ0v) is 8.50. The Hall–Kier alpha value is 0.650. The van der Waals surface area contributed by atoms with Crippen molar-refractivity contribution in [2.75, 3.05) is 19.7 Å². The Morgan fingerprint density at radius 3 is 3.10 bits per heavy atom. The molecule has 10 heavy (non-hydrogen) atoms. The van der Waals surface area contributed by atoms with Crippen molar-refractivity contribution in [1.29, 1.82) is 0 Å². The Balaban J connectivity index is 2.27. The van der Waals surface area contributed by atoms with E-state index in [2.05, 4.69) is 11.8 Å². The molecule has 0 saturated carbocycles. The molecule has 0 aromatic heterocycles. The number of likely N-dealkylation sites (N-methyl/N-ethyl adjacent to an activating group) is 1. The van der Waals surface area contributed by atoms with E-state index in [1.165, 1.54) is 25.9 Å². The second kappa shape index (κ2) is 4.51. The molecule has 0 aromatic carbocycles. The van der Waals surface area contributed by atoms with Gasteiger partial charge in [-0.3, -0.25) is 4.90 Å². The summed E-state index contributed by atoms with van der Waals surface area (Å²) in [5.41, 5.74) is 0. The van der Waals surface area contributed by atoms with Gasteiger partial charge in [0.15, 0.2) is 0 Å². The first-order valence-electron chi connectivity index (χ1n) is 3.86. The molecule has 1 atom stereocenters. The van der Waals surface area contributed by atoms with E-state index in [0.29, 0.717) is 6.04 Å². The highest BCUT2D eigenvalue weighted by molar-refractivity contribution is 14.1. The summed E-state index contributed by atoms with van der Waals surface area (Å²) in [5.74, 6) is 0. The van der Waals surface area contributed by atoms with Crippen LogP contribution in [0.15, 0.2) is 0 Å². The van der Waals surface area contributed by atoms with Crippen LogP contribution in [0, 0.1) is 0 Å². The van der Waals surface area contributed by atoms with Gasteiger partial charge in [-0.2, -0.15) is 0 Å². The van der Waals surface area contributed by atoms with Crippen LogP contribution in [0.1, 0.15) is 19.8 Å². The molecule has 1 aliphatic heterocycles. The molecule has 1 saturated heterocycles. The van der Waals surface area contributed by atoms with Gasteiger partial charge in [0.2, 0.25) is 0 Å². The van der Waals surface area contributed by atoms with Gasteiger partial charge in [0.05, 0.1) is 6.61 Å². The number of likely N-dealkylation sites (tertiary alicyclic amines) is 1. The molecule has 0 bridgehead atoms. The lowest BCUT2D eigenvalue weighted by atomic mass is 10.2. The minimum Gasteiger partial charge on any atom is -0.314 e. The van der Waals surface area contributed by atoms with Crippen LogP contribution in [0.4, 0.5) is 0 Å². The highest BCUT2D eigenvalue weighted by Crippen LogP contribution is 2.17. The SMILES string of the molecule is CCN1CCC[C@H]1COI. The average Bonchev–Trinajstić information content (AvgIpc) is 2.36. The van der Waals surface area contributed by atoms with Crippen molar-refractivity contribution in [1.82, 2.24) is 4.90 Å². The Kier molecular flexibility index (Phi) is 3.95. The Labute approximate surface area is 76.6 Å². The van der Waals surface area contributed by atoms with Gasteiger partial charge in [0.1, 0.15) is 23.0 Å². The third-order valence-electron chi connectivity index (χ3n) is 2.16. The standard InChI is InChI=1S/C7H14INO/c1-2-9-5-3-4-7(9)6-10-8/h7H,2-6H2,1H3/t7-/m0/s1. The second-order valence-electron chi connectivity index (χ2n) is 2.70. The number of hydrogen-bond donors (Lipinski definition) is 0. The topological polar surface area (TPSA) is 12.5 Å². The van der Waals surface area contributed by atoms with Crippen molar-refractivity contribution in [2.24, 2.45) is 0 Å². The van der Waals surface area contributed by atoms with E-state index in [-0.39, 0.29) is 0 Å². The van der Waals surface area contributed by atoms with Crippen LogP contribution in [-0.4, -0.2) is 30.6 Å². The lowest BCUT2D eigenvalue weighted by Gasteiger charge is -2.20. The number of hydrogen-bond acceptors (Lipinski definition) is 2. The van der Waals surface area contributed by atoms with Gasteiger partial charge in [-0.15, -0.1) is 0 Å². The molecule has 1 fully saturated rings. The van der Waals surface area contributed by atoms with Crippen molar-refractivity contribution < 1.29 is 3.07 Å². The van der Waals surface area contributed by atoms with Crippen molar-refractivity contribution in [3.05, 3.63) is 0 Å². The molecule has 60 valence electrons. The Bertz CT molecular complexity index is 99.6. The maximum Gasteiger partial charge on any atom is 0.109 e. The lowest BCUT2D eigenvalue weighted by Crippen LogP contribution is -2.31. The molecule has 3 heteroatoms. The van der Waals surface area contributed by atoms with Gasteiger partial charge in [-0.25, -0.2) is 0 Å². The maximum atomic E-state index is 5.09. The van der Waals surface area contributed by atoms with E-state index < -0.39 is 0 Å². The smallest absolute Gasteiger partial charge is 0.109 e. The normalized spacial score (nSPS) is 27.6. The third-order valence-corrected chi connectivity index (χ3v) is 2.52. The second-order valence-corrected chi connectivity index (χ2v) is 3.32. The van der Waals surface area contributed by atoms with Crippen LogP contribution in [0.2, 0.25) is 0 Å². The molecule has 1 aliphatic rings. The van der Waals surface area contributed by atoms with E-state index in [0.717, 1.165) is 6.61 Å². The van der Waals surface area contributed by atoms with E-state index in [1.54, 1.807) is 0 Å². The maximum absolute atomic E-state index is 5.09.